The van der Waals surface area contributed by atoms with E-state index in [1.54, 1.807) is 24.3 Å². The Morgan fingerprint density at radius 1 is 1.04 bits per heavy atom. The van der Waals surface area contributed by atoms with Crippen LogP contribution in [0.3, 0.4) is 0 Å². The fourth-order valence-electron chi connectivity index (χ4n) is 2.22. The Hall–Kier alpha value is -2.51. The first-order valence-electron chi connectivity index (χ1n) is 8.54. The summed E-state index contributed by atoms with van der Waals surface area (Å²) in [6, 6.07) is 14.6. The van der Waals surface area contributed by atoms with Crippen molar-refractivity contribution >= 4 is 46.8 Å². The van der Waals surface area contributed by atoms with E-state index in [1.807, 2.05) is 31.2 Å². The molecule has 148 valence electrons. The van der Waals surface area contributed by atoms with Crippen LogP contribution in [0.4, 0.5) is 5.69 Å². The number of carbonyl (C=O) groups excluding carboxylic acids is 3. The quantitative estimate of drug-likeness (QED) is 0.608. The molecule has 0 bridgehead atoms. The van der Waals surface area contributed by atoms with E-state index in [9.17, 15) is 14.4 Å². The zero-order valence-corrected chi connectivity index (χ0v) is 16.9. The normalized spacial score (nSPS) is 10.2. The summed E-state index contributed by atoms with van der Waals surface area (Å²) in [5.74, 6) is -1.08. The largest absolute Gasteiger partial charge is 0.455 e. The predicted octanol–water partition coefficient (Wildman–Crippen LogP) is 3.18. The van der Waals surface area contributed by atoms with Crippen LogP contribution in [-0.4, -0.2) is 35.9 Å². The number of esters is 1. The molecule has 0 radical (unpaired) electrons. The van der Waals surface area contributed by atoms with Crippen LogP contribution in [-0.2, 0) is 25.7 Å². The lowest BCUT2D eigenvalue weighted by Gasteiger charge is -2.08. The number of nitrogens with one attached hydrogen (secondary N) is 2. The molecule has 0 saturated carbocycles. The van der Waals surface area contributed by atoms with Crippen molar-refractivity contribution in [1.82, 2.24) is 5.32 Å². The molecule has 0 atom stereocenters. The Labute approximate surface area is 173 Å². The lowest BCUT2D eigenvalue weighted by molar-refractivity contribution is -0.145. The standard InChI is InChI=1S/C20H21ClN2O4S/c1-14-5-4-7-16(9-14)23-19(25)12-28-13-20(26)27-11-18(24)22-10-15-6-2-3-8-17(15)21/h2-9H,10-13H2,1H3,(H,22,24)(H,23,25). The van der Waals surface area contributed by atoms with E-state index in [4.69, 9.17) is 16.3 Å². The molecular weight excluding hydrogens is 400 g/mol. The van der Waals surface area contributed by atoms with Crippen molar-refractivity contribution in [3.8, 4) is 0 Å². The number of hydrogen-bond acceptors (Lipinski definition) is 5. The van der Waals surface area contributed by atoms with Crippen LogP contribution in [0.15, 0.2) is 48.5 Å². The Morgan fingerprint density at radius 2 is 1.82 bits per heavy atom. The molecule has 0 fully saturated rings. The van der Waals surface area contributed by atoms with E-state index < -0.39 is 11.9 Å². The summed E-state index contributed by atoms with van der Waals surface area (Å²) < 4.78 is 4.90. The van der Waals surface area contributed by atoms with E-state index in [2.05, 4.69) is 10.6 Å². The second-order valence-electron chi connectivity index (χ2n) is 5.94. The van der Waals surface area contributed by atoms with Gasteiger partial charge in [0.05, 0.1) is 11.5 Å². The van der Waals surface area contributed by atoms with Gasteiger partial charge in [-0.3, -0.25) is 14.4 Å². The molecule has 8 heteroatoms. The first-order valence-corrected chi connectivity index (χ1v) is 10.1. The molecule has 0 aliphatic rings. The second kappa shape index (κ2) is 11.4. The van der Waals surface area contributed by atoms with E-state index in [0.29, 0.717) is 10.7 Å². The van der Waals surface area contributed by atoms with Crippen molar-refractivity contribution in [1.29, 1.82) is 0 Å². The molecule has 28 heavy (non-hydrogen) atoms. The lowest BCUT2D eigenvalue weighted by Crippen LogP contribution is -2.29. The molecular formula is C20H21ClN2O4S. The maximum atomic E-state index is 11.9. The molecule has 6 nitrogen and oxygen atoms in total. The summed E-state index contributed by atoms with van der Waals surface area (Å²) in [5.41, 5.74) is 2.53. The van der Waals surface area contributed by atoms with Gasteiger partial charge in [-0.2, -0.15) is 0 Å². The number of aryl methyl sites for hydroxylation is 1. The van der Waals surface area contributed by atoms with Crippen molar-refractivity contribution in [3.05, 3.63) is 64.7 Å². The van der Waals surface area contributed by atoms with Crippen LogP contribution < -0.4 is 10.6 Å². The fourth-order valence-corrected chi connectivity index (χ4v) is 3.03. The number of hydrogen-bond donors (Lipinski definition) is 2. The van der Waals surface area contributed by atoms with Crippen LogP contribution in [0.1, 0.15) is 11.1 Å². The molecule has 0 saturated heterocycles. The van der Waals surface area contributed by atoms with Gasteiger partial charge in [0.1, 0.15) is 0 Å². The zero-order valence-electron chi connectivity index (χ0n) is 15.4. The summed E-state index contributed by atoms with van der Waals surface area (Å²) in [6.45, 7) is 1.81. The van der Waals surface area contributed by atoms with E-state index >= 15 is 0 Å². The predicted molar refractivity (Wildman–Crippen MR) is 111 cm³/mol. The number of rotatable bonds is 9. The molecule has 0 aliphatic carbocycles. The van der Waals surface area contributed by atoms with Gasteiger partial charge in [-0.1, -0.05) is 41.9 Å². The van der Waals surface area contributed by atoms with Crippen LogP contribution >= 0.6 is 23.4 Å². The second-order valence-corrected chi connectivity index (χ2v) is 7.33. The number of ether oxygens (including phenoxy) is 1. The molecule has 2 aromatic carbocycles. The topological polar surface area (TPSA) is 84.5 Å². The smallest absolute Gasteiger partial charge is 0.316 e. The molecule has 2 aromatic rings. The van der Waals surface area contributed by atoms with Crippen LogP contribution in [0.25, 0.3) is 0 Å². The minimum Gasteiger partial charge on any atom is -0.455 e. The van der Waals surface area contributed by atoms with Crippen LogP contribution in [0.2, 0.25) is 5.02 Å². The summed E-state index contributed by atoms with van der Waals surface area (Å²) in [5, 5.41) is 5.94. The molecule has 2 rings (SSSR count). The fraction of sp³-hybridized carbons (Fsp3) is 0.250. The maximum Gasteiger partial charge on any atom is 0.316 e. The third kappa shape index (κ3) is 8.02. The monoisotopic (exact) mass is 420 g/mol. The van der Waals surface area contributed by atoms with Gasteiger partial charge >= 0.3 is 5.97 Å². The van der Waals surface area contributed by atoms with Gasteiger partial charge in [0.2, 0.25) is 5.91 Å². The third-order valence-electron chi connectivity index (χ3n) is 3.55. The van der Waals surface area contributed by atoms with Crippen LogP contribution in [0.5, 0.6) is 0 Å². The molecule has 0 unspecified atom stereocenters. The van der Waals surface area contributed by atoms with Gasteiger partial charge in [0, 0.05) is 17.3 Å². The highest BCUT2D eigenvalue weighted by Gasteiger charge is 2.10. The number of carbonyl (C=O) groups is 3. The zero-order chi connectivity index (χ0) is 20.4. The van der Waals surface area contributed by atoms with Gasteiger partial charge in [-0.15, -0.1) is 11.8 Å². The first-order chi connectivity index (χ1) is 13.4. The SMILES string of the molecule is Cc1cccc(NC(=O)CSCC(=O)OCC(=O)NCc2ccccc2Cl)c1. The van der Waals surface area contributed by atoms with Crippen molar-refractivity contribution in [2.45, 2.75) is 13.5 Å². The highest BCUT2D eigenvalue weighted by Crippen LogP contribution is 2.14. The number of anilines is 1. The summed E-state index contributed by atoms with van der Waals surface area (Å²) in [6.07, 6.45) is 0. The Balaban J connectivity index is 1.59. The molecule has 2 amide bonds. The summed E-state index contributed by atoms with van der Waals surface area (Å²) in [7, 11) is 0. The van der Waals surface area contributed by atoms with Crippen molar-refractivity contribution in [3.63, 3.8) is 0 Å². The van der Waals surface area contributed by atoms with E-state index in [-0.39, 0.29) is 30.6 Å². The first kappa shape index (κ1) is 21.8. The molecule has 0 aromatic heterocycles. The molecule has 2 N–H and O–H groups in total. The molecule has 0 aliphatic heterocycles. The maximum absolute atomic E-state index is 11.9. The molecule has 0 heterocycles. The Bertz CT molecular complexity index is 844. The Kier molecular flexibility index (Phi) is 8.84. The van der Waals surface area contributed by atoms with E-state index in [0.717, 1.165) is 22.9 Å². The van der Waals surface area contributed by atoms with Gasteiger partial charge in [-0.25, -0.2) is 0 Å². The van der Waals surface area contributed by atoms with Crippen molar-refractivity contribution in [2.24, 2.45) is 0 Å². The average molecular weight is 421 g/mol. The lowest BCUT2D eigenvalue weighted by atomic mass is 10.2. The summed E-state index contributed by atoms with van der Waals surface area (Å²) >= 11 is 7.13. The highest BCUT2D eigenvalue weighted by atomic mass is 35.5. The van der Waals surface area contributed by atoms with Crippen molar-refractivity contribution in [2.75, 3.05) is 23.4 Å². The van der Waals surface area contributed by atoms with Gasteiger partial charge < -0.3 is 15.4 Å². The van der Waals surface area contributed by atoms with Gasteiger partial charge in [0.15, 0.2) is 6.61 Å². The third-order valence-corrected chi connectivity index (χ3v) is 4.83. The minimum absolute atomic E-state index is 0.0149. The summed E-state index contributed by atoms with van der Waals surface area (Å²) in [4.78, 5) is 35.3. The van der Waals surface area contributed by atoms with E-state index in [1.165, 1.54) is 0 Å². The number of amides is 2. The highest BCUT2D eigenvalue weighted by molar-refractivity contribution is 8.00. The number of thioether (sulfide) groups is 1. The Morgan fingerprint density at radius 3 is 2.57 bits per heavy atom. The van der Waals surface area contributed by atoms with Crippen LogP contribution in [0, 0.1) is 6.92 Å². The number of benzene rings is 2. The van der Waals surface area contributed by atoms with Gasteiger partial charge in [-0.05, 0) is 36.2 Å². The molecule has 0 spiro atoms. The minimum atomic E-state index is -0.554. The number of halogens is 1. The van der Waals surface area contributed by atoms with Gasteiger partial charge in [0.25, 0.3) is 5.91 Å². The average Bonchev–Trinajstić information content (AvgIpc) is 2.65. The van der Waals surface area contributed by atoms with Crippen molar-refractivity contribution < 1.29 is 19.1 Å².